The van der Waals surface area contributed by atoms with E-state index in [4.69, 9.17) is 10.5 Å². The summed E-state index contributed by atoms with van der Waals surface area (Å²) in [5.41, 5.74) is 8.78. The number of benzene rings is 2. The van der Waals surface area contributed by atoms with Gasteiger partial charge in [-0.25, -0.2) is 0 Å². The van der Waals surface area contributed by atoms with Gasteiger partial charge in [0.2, 0.25) is 0 Å². The zero-order chi connectivity index (χ0) is 13.9. The van der Waals surface area contributed by atoms with Crippen molar-refractivity contribution in [3.8, 4) is 5.75 Å². The SMILES string of the molecule is COc1ccc(Nc2ccc3cnccc3c2N)cc1. The summed E-state index contributed by atoms with van der Waals surface area (Å²) in [5, 5.41) is 5.35. The number of pyridine rings is 1. The highest BCUT2D eigenvalue weighted by atomic mass is 16.5. The zero-order valence-corrected chi connectivity index (χ0v) is 11.1. The van der Waals surface area contributed by atoms with Gasteiger partial charge in [0.25, 0.3) is 0 Å². The first kappa shape index (κ1) is 12.3. The Labute approximate surface area is 117 Å². The van der Waals surface area contributed by atoms with Crippen molar-refractivity contribution in [1.29, 1.82) is 0 Å². The lowest BCUT2D eigenvalue weighted by Crippen LogP contribution is -1.97. The molecule has 4 heteroatoms. The Balaban J connectivity index is 1.95. The van der Waals surface area contributed by atoms with Crippen LogP contribution in [0.2, 0.25) is 0 Å². The highest BCUT2D eigenvalue weighted by molar-refractivity contribution is 5.99. The van der Waals surface area contributed by atoms with Crippen LogP contribution in [0.5, 0.6) is 5.75 Å². The Kier molecular flexibility index (Phi) is 3.13. The van der Waals surface area contributed by atoms with Gasteiger partial charge in [-0.1, -0.05) is 6.07 Å². The minimum atomic E-state index is 0.723. The number of aromatic nitrogens is 1. The number of hydrogen-bond donors (Lipinski definition) is 2. The van der Waals surface area contributed by atoms with E-state index in [0.717, 1.165) is 33.6 Å². The number of nitrogens with zero attached hydrogens (tertiary/aromatic N) is 1. The summed E-state index contributed by atoms with van der Waals surface area (Å²) in [5.74, 6) is 0.827. The van der Waals surface area contributed by atoms with Crippen molar-refractivity contribution in [2.45, 2.75) is 0 Å². The molecule has 0 amide bonds. The maximum atomic E-state index is 6.21. The first-order valence-electron chi connectivity index (χ1n) is 6.31. The Morgan fingerprint density at radius 3 is 2.60 bits per heavy atom. The predicted molar refractivity (Wildman–Crippen MR) is 82.4 cm³/mol. The Morgan fingerprint density at radius 2 is 1.85 bits per heavy atom. The van der Waals surface area contributed by atoms with Crippen molar-refractivity contribution in [2.24, 2.45) is 0 Å². The van der Waals surface area contributed by atoms with Crippen LogP contribution < -0.4 is 15.8 Å². The number of hydrogen-bond acceptors (Lipinski definition) is 4. The van der Waals surface area contributed by atoms with Gasteiger partial charge in [-0.05, 0) is 36.4 Å². The number of fused-ring (bicyclic) bond motifs is 1. The lowest BCUT2D eigenvalue weighted by molar-refractivity contribution is 0.415. The molecule has 0 bridgehead atoms. The Bertz CT molecular complexity index is 738. The van der Waals surface area contributed by atoms with Crippen LogP contribution in [0.1, 0.15) is 0 Å². The molecule has 2 aromatic carbocycles. The van der Waals surface area contributed by atoms with Crippen molar-refractivity contribution in [3.05, 3.63) is 54.9 Å². The van der Waals surface area contributed by atoms with Crippen molar-refractivity contribution < 1.29 is 4.74 Å². The fourth-order valence-electron chi connectivity index (χ4n) is 2.13. The quantitative estimate of drug-likeness (QED) is 0.711. The van der Waals surface area contributed by atoms with Crippen LogP contribution in [0.25, 0.3) is 10.8 Å². The van der Waals surface area contributed by atoms with Gasteiger partial charge in [-0.15, -0.1) is 0 Å². The monoisotopic (exact) mass is 265 g/mol. The number of rotatable bonds is 3. The topological polar surface area (TPSA) is 60.2 Å². The molecule has 0 radical (unpaired) electrons. The van der Waals surface area contributed by atoms with E-state index >= 15 is 0 Å². The second kappa shape index (κ2) is 5.09. The lowest BCUT2D eigenvalue weighted by atomic mass is 10.1. The Morgan fingerprint density at radius 1 is 1.05 bits per heavy atom. The van der Waals surface area contributed by atoms with Crippen molar-refractivity contribution in [1.82, 2.24) is 4.98 Å². The van der Waals surface area contributed by atoms with E-state index in [1.54, 1.807) is 13.3 Å². The molecular formula is C16H15N3O. The number of nitrogens with one attached hydrogen (secondary N) is 1. The molecule has 0 aliphatic carbocycles. The molecule has 0 unspecified atom stereocenters. The smallest absolute Gasteiger partial charge is 0.119 e. The average molecular weight is 265 g/mol. The third-order valence-corrected chi connectivity index (χ3v) is 3.23. The number of ether oxygens (including phenoxy) is 1. The number of nitrogen functional groups attached to an aromatic ring is 1. The molecule has 0 saturated heterocycles. The van der Waals surface area contributed by atoms with E-state index in [0.29, 0.717) is 0 Å². The van der Waals surface area contributed by atoms with Crippen LogP contribution >= 0.6 is 0 Å². The molecule has 1 heterocycles. The molecular weight excluding hydrogens is 250 g/mol. The lowest BCUT2D eigenvalue weighted by Gasteiger charge is -2.12. The molecule has 0 fully saturated rings. The van der Waals surface area contributed by atoms with Gasteiger partial charge in [0, 0.05) is 28.9 Å². The molecule has 0 aliphatic rings. The van der Waals surface area contributed by atoms with Crippen LogP contribution in [0.3, 0.4) is 0 Å². The third-order valence-electron chi connectivity index (χ3n) is 3.23. The summed E-state index contributed by atoms with van der Waals surface area (Å²) >= 11 is 0. The van der Waals surface area contributed by atoms with E-state index in [1.165, 1.54) is 0 Å². The summed E-state index contributed by atoms with van der Waals surface area (Å²) in [4.78, 5) is 4.10. The molecule has 0 spiro atoms. The number of anilines is 3. The largest absolute Gasteiger partial charge is 0.497 e. The fourth-order valence-corrected chi connectivity index (χ4v) is 2.13. The van der Waals surface area contributed by atoms with E-state index < -0.39 is 0 Å². The summed E-state index contributed by atoms with van der Waals surface area (Å²) in [6.45, 7) is 0. The normalized spacial score (nSPS) is 10.4. The summed E-state index contributed by atoms with van der Waals surface area (Å²) < 4.78 is 5.14. The number of methoxy groups -OCH3 is 1. The van der Waals surface area contributed by atoms with Crippen molar-refractivity contribution in [3.63, 3.8) is 0 Å². The van der Waals surface area contributed by atoms with E-state index in [2.05, 4.69) is 10.3 Å². The van der Waals surface area contributed by atoms with Crippen LogP contribution in [0.15, 0.2) is 54.9 Å². The van der Waals surface area contributed by atoms with Gasteiger partial charge in [-0.2, -0.15) is 0 Å². The predicted octanol–water partition coefficient (Wildman–Crippen LogP) is 3.57. The second-order valence-electron chi connectivity index (χ2n) is 4.48. The molecule has 3 rings (SSSR count). The number of nitrogens with two attached hydrogens (primary N) is 1. The maximum absolute atomic E-state index is 6.21. The first-order chi connectivity index (χ1) is 9.78. The standard InChI is InChI=1S/C16H15N3O/c1-20-13-5-3-12(4-6-13)19-15-7-2-11-10-18-9-8-14(11)16(15)17/h2-10,19H,17H2,1H3. The molecule has 0 aliphatic heterocycles. The maximum Gasteiger partial charge on any atom is 0.119 e. The fraction of sp³-hybridized carbons (Fsp3) is 0.0625. The van der Waals surface area contributed by atoms with Crippen molar-refractivity contribution in [2.75, 3.05) is 18.2 Å². The molecule has 1 aromatic heterocycles. The zero-order valence-electron chi connectivity index (χ0n) is 11.1. The Hall–Kier alpha value is -2.75. The van der Waals surface area contributed by atoms with Crippen LogP contribution in [0, 0.1) is 0 Å². The summed E-state index contributed by atoms with van der Waals surface area (Å²) in [6.07, 6.45) is 3.55. The molecule has 3 aromatic rings. The summed E-state index contributed by atoms with van der Waals surface area (Å²) in [7, 11) is 1.65. The second-order valence-corrected chi connectivity index (χ2v) is 4.48. The molecule has 4 nitrogen and oxygen atoms in total. The van der Waals surface area contributed by atoms with E-state index in [-0.39, 0.29) is 0 Å². The minimum Gasteiger partial charge on any atom is -0.497 e. The summed E-state index contributed by atoms with van der Waals surface area (Å²) in [6, 6.07) is 13.6. The molecule has 0 atom stereocenters. The van der Waals surface area contributed by atoms with Gasteiger partial charge in [0.05, 0.1) is 18.5 Å². The van der Waals surface area contributed by atoms with Gasteiger partial charge >= 0.3 is 0 Å². The van der Waals surface area contributed by atoms with Crippen LogP contribution in [-0.2, 0) is 0 Å². The highest BCUT2D eigenvalue weighted by Crippen LogP contribution is 2.30. The molecule has 20 heavy (non-hydrogen) atoms. The van der Waals surface area contributed by atoms with Crippen LogP contribution in [-0.4, -0.2) is 12.1 Å². The van der Waals surface area contributed by atoms with E-state index in [1.807, 2.05) is 48.7 Å². The van der Waals surface area contributed by atoms with Gasteiger partial charge in [0.15, 0.2) is 0 Å². The molecule has 100 valence electrons. The minimum absolute atomic E-state index is 0.723. The van der Waals surface area contributed by atoms with Crippen molar-refractivity contribution >= 4 is 27.8 Å². The molecule has 0 saturated carbocycles. The first-order valence-corrected chi connectivity index (χ1v) is 6.31. The van der Waals surface area contributed by atoms with Gasteiger partial charge < -0.3 is 15.8 Å². The van der Waals surface area contributed by atoms with Crippen LogP contribution in [0.4, 0.5) is 17.1 Å². The van der Waals surface area contributed by atoms with Gasteiger partial charge in [0.1, 0.15) is 5.75 Å². The molecule has 3 N–H and O–H groups in total. The van der Waals surface area contributed by atoms with E-state index in [9.17, 15) is 0 Å². The van der Waals surface area contributed by atoms with Gasteiger partial charge in [-0.3, -0.25) is 4.98 Å². The average Bonchev–Trinajstić information content (AvgIpc) is 2.51. The highest BCUT2D eigenvalue weighted by Gasteiger charge is 2.04. The third kappa shape index (κ3) is 2.23.